The van der Waals surface area contributed by atoms with Crippen LogP contribution in [0.3, 0.4) is 0 Å². The standard InChI is InChI=1S/C35H46N4O7S/c1-26(2)24-39(47(43,44)30-14-15-31-32(19-30)46-25-45-31)35(42,20-28-10-6-4-7-11-28)16-17-37-33(40)18-27(3)21-38-34(41)23-36-22-29-12-8-5-9-13-29/h4-15,19,26-27,36,42H,16-18,20-25H2,1-3H3,(H,37,40)(H,38,41). The largest absolute Gasteiger partial charge is 0.454 e. The summed E-state index contributed by atoms with van der Waals surface area (Å²) in [5, 5.41) is 21.0. The van der Waals surface area contributed by atoms with Crippen molar-refractivity contribution >= 4 is 21.8 Å². The van der Waals surface area contributed by atoms with Crippen LogP contribution in [-0.4, -0.2) is 68.3 Å². The summed E-state index contributed by atoms with van der Waals surface area (Å²) in [6.07, 6.45) is 0.114. The maximum Gasteiger partial charge on any atom is 0.245 e. The Hall–Kier alpha value is -3.97. The number of hydrogen-bond donors (Lipinski definition) is 4. The minimum atomic E-state index is -4.21. The lowest BCUT2D eigenvalue weighted by Gasteiger charge is -2.40. The van der Waals surface area contributed by atoms with Gasteiger partial charge < -0.3 is 30.5 Å². The number of nitrogens with one attached hydrogen (secondary N) is 3. The van der Waals surface area contributed by atoms with E-state index in [-0.39, 0.29) is 74.2 Å². The SMILES string of the molecule is CC(C)CN(C(O)(CCNC(=O)CC(C)CNC(=O)CNCc1ccccc1)Cc1ccccc1)S(=O)(=O)c1ccc2c(c1)OCO2. The first-order valence-electron chi connectivity index (χ1n) is 15.9. The Morgan fingerprint density at radius 2 is 1.55 bits per heavy atom. The normalized spacial score (nSPS) is 14.5. The highest BCUT2D eigenvalue weighted by Crippen LogP contribution is 2.37. The summed E-state index contributed by atoms with van der Waals surface area (Å²) < 4.78 is 40.2. The topological polar surface area (TPSA) is 146 Å². The molecule has 4 rings (SSSR count). The van der Waals surface area contributed by atoms with Gasteiger partial charge in [-0.05, 0) is 35.1 Å². The monoisotopic (exact) mass is 666 g/mol. The van der Waals surface area contributed by atoms with Gasteiger partial charge in [-0.15, -0.1) is 0 Å². The molecule has 254 valence electrons. The Labute approximate surface area is 277 Å². The lowest BCUT2D eigenvalue weighted by atomic mass is 9.98. The molecule has 0 bridgehead atoms. The van der Waals surface area contributed by atoms with Crippen molar-refractivity contribution in [3.8, 4) is 11.5 Å². The second-order valence-electron chi connectivity index (χ2n) is 12.4. The van der Waals surface area contributed by atoms with Gasteiger partial charge in [-0.2, -0.15) is 4.31 Å². The Morgan fingerprint density at radius 3 is 2.23 bits per heavy atom. The molecule has 0 radical (unpaired) electrons. The highest BCUT2D eigenvalue weighted by atomic mass is 32.2. The fraction of sp³-hybridized carbons (Fsp3) is 0.429. The highest BCUT2D eigenvalue weighted by molar-refractivity contribution is 7.89. The number of nitrogens with zero attached hydrogens (tertiary/aromatic N) is 1. The van der Waals surface area contributed by atoms with E-state index in [4.69, 9.17) is 9.47 Å². The number of fused-ring (bicyclic) bond motifs is 1. The summed E-state index contributed by atoms with van der Waals surface area (Å²) in [7, 11) is -4.21. The number of amides is 2. The Bertz CT molecular complexity index is 1570. The number of rotatable bonds is 18. The molecule has 3 aromatic carbocycles. The van der Waals surface area contributed by atoms with E-state index in [2.05, 4.69) is 16.0 Å². The molecule has 0 spiro atoms. The van der Waals surface area contributed by atoms with E-state index < -0.39 is 15.7 Å². The highest BCUT2D eigenvalue weighted by Gasteiger charge is 2.43. The van der Waals surface area contributed by atoms with Crippen molar-refractivity contribution in [2.75, 3.05) is 33.0 Å². The van der Waals surface area contributed by atoms with Gasteiger partial charge in [0, 0.05) is 51.5 Å². The Morgan fingerprint density at radius 1 is 0.894 bits per heavy atom. The average Bonchev–Trinajstić information content (AvgIpc) is 3.52. The number of sulfonamides is 1. The predicted molar refractivity (Wildman–Crippen MR) is 179 cm³/mol. The van der Waals surface area contributed by atoms with Crippen molar-refractivity contribution in [3.63, 3.8) is 0 Å². The van der Waals surface area contributed by atoms with Gasteiger partial charge >= 0.3 is 0 Å². The molecular weight excluding hydrogens is 620 g/mol. The van der Waals surface area contributed by atoms with Gasteiger partial charge in [0.1, 0.15) is 5.72 Å². The van der Waals surface area contributed by atoms with Crippen LogP contribution in [0.4, 0.5) is 0 Å². The molecule has 0 aliphatic carbocycles. The third-order valence-corrected chi connectivity index (χ3v) is 9.66. The zero-order chi connectivity index (χ0) is 33.9. The van der Waals surface area contributed by atoms with E-state index in [0.29, 0.717) is 24.6 Å². The second kappa shape index (κ2) is 16.7. The zero-order valence-corrected chi connectivity index (χ0v) is 28.1. The fourth-order valence-electron chi connectivity index (χ4n) is 5.34. The summed E-state index contributed by atoms with van der Waals surface area (Å²) in [4.78, 5) is 25.1. The second-order valence-corrected chi connectivity index (χ2v) is 14.3. The van der Waals surface area contributed by atoms with E-state index >= 15 is 0 Å². The van der Waals surface area contributed by atoms with E-state index in [0.717, 1.165) is 15.4 Å². The maximum atomic E-state index is 14.2. The molecule has 47 heavy (non-hydrogen) atoms. The van der Waals surface area contributed by atoms with Gasteiger partial charge in [0.05, 0.1) is 11.4 Å². The van der Waals surface area contributed by atoms with E-state index in [1.165, 1.54) is 12.1 Å². The maximum absolute atomic E-state index is 14.2. The fourth-order valence-corrected chi connectivity index (χ4v) is 7.19. The van der Waals surface area contributed by atoms with Crippen molar-refractivity contribution in [1.82, 2.24) is 20.3 Å². The molecule has 0 fully saturated rings. The third-order valence-electron chi connectivity index (χ3n) is 7.74. The average molecular weight is 667 g/mol. The molecule has 2 amide bonds. The third kappa shape index (κ3) is 10.5. The van der Waals surface area contributed by atoms with Crippen LogP contribution in [0.2, 0.25) is 0 Å². The molecule has 1 aliphatic rings. The van der Waals surface area contributed by atoms with E-state index in [1.54, 1.807) is 6.07 Å². The van der Waals surface area contributed by atoms with Crippen LogP contribution in [0.15, 0.2) is 83.8 Å². The Kier molecular flexibility index (Phi) is 12.8. The van der Waals surface area contributed by atoms with E-state index in [9.17, 15) is 23.1 Å². The van der Waals surface area contributed by atoms with Gasteiger partial charge in [-0.1, -0.05) is 81.4 Å². The lowest BCUT2D eigenvalue weighted by molar-refractivity contribution is -0.124. The minimum Gasteiger partial charge on any atom is -0.454 e. The molecule has 0 aromatic heterocycles. The van der Waals surface area contributed by atoms with Crippen LogP contribution in [0.1, 0.15) is 44.7 Å². The number of benzene rings is 3. The molecule has 0 saturated heterocycles. The lowest BCUT2D eigenvalue weighted by Crippen LogP contribution is -2.55. The number of carbonyl (C=O) groups is 2. The number of carbonyl (C=O) groups excluding carboxylic acids is 2. The predicted octanol–water partition coefficient (Wildman–Crippen LogP) is 3.43. The van der Waals surface area contributed by atoms with Crippen molar-refractivity contribution in [1.29, 1.82) is 0 Å². The first-order chi connectivity index (χ1) is 22.5. The molecule has 2 atom stereocenters. The first-order valence-corrected chi connectivity index (χ1v) is 17.4. The Balaban J connectivity index is 1.37. The van der Waals surface area contributed by atoms with Crippen LogP contribution in [0, 0.1) is 11.8 Å². The number of aliphatic hydroxyl groups is 1. The molecule has 0 saturated carbocycles. The van der Waals surface area contributed by atoms with E-state index in [1.807, 2.05) is 81.4 Å². The van der Waals surface area contributed by atoms with Crippen LogP contribution >= 0.6 is 0 Å². The van der Waals surface area contributed by atoms with Crippen LogP contribution in [0.5, 0.6) is 11.5 Å². The summed E-state index contributed by atoms with van der Waals surface area (Å²) in [5.41, 5.74) is -0.0297. The zero-order valence-electron chi connectivity index (χ0n) is 27.3. The molecule has 1 aliphatic heterocycles. The van der Waals surface area contributed by atoms with Gasteiger partial charge in [-0.25, -0.2) is 8.42 Å². The molecule has 2 unspecified atom stereocenters. The summed E-state index contributed by atoms with van der Waals surface area (Å²) in [5.74, 6) is 0.108. The minimum absolute atomic E-state index is 0.00311. The number of hydrogen-bond acceptors (Lipinski definition) is 8. The van der Waals surface area contributed by atoms with Crippen molar-refractivity contribution in [3.05, 3.63) is 90.0 Å². The van der Waals surface area contributed by atoms with Gasteiger partial charge in [0.15, 0.2) is 11.5 Å². The summed E-state index contributed by atoms with van der Waals surface area (Å²) >= 11 is 0. The molecule has 3 aromatic rings. The molecular formula is C35H46N4O7S. The molecule has 4 N–H and O–H groups in total. The van der Waals surface area contributed by atoms with Gasteiger partial charge in [0.2, 0.25) is 28.6 Å². The van der Waals surface area contributed by atoms with Crippen molar-refractivity contribution < 1.29 is 32.6 Å². The quantitative estimate of drug-likeness (QED) is 0.151. The van der Waals surface area contributed by atoms with Gasteiger partial charge in [-0.3, -0.25) is 9.59 Å². The van der Waals surface area contributed by atoms with Crippen molar-refractivity contribution in [2.24, 2.45) is 11.8 Å². The van der Waals surface area contributed by atoms with Crippen molar-refractivity contribution in [2.45, 2.75) is 57.2 Å². The smallest absolute Gasteiger partial charge is 0.245 e. The van der Waals surface area contributed by atoms with Gasteiger partial charge in [0.25, 0.3) is 0 Å². The first kappa shape index (κ1) is 35.9. The number of ether oxygens (including phenoxy) is 2. The van der Waals surface area contributed by atoms with Crippen LogP contribution < -0.4 is 25.4 Å². The summed E-state index contributed by atoms with van der Waals surface area (Å²) in [6.45, 7) is 6.78. The van der Waals surface area contributed by atoms with Crippen LogP contribution in [-0.2, 0) is 32.6 Å². The molecule has 12 heteroatoms. The molecule has 11 nitrogen and oxygen atoms in total. The van der Waals surface area contributed by atoms with Crippen LogP contribution in [0.25, 0.3) is 0 Å². The molecule has 1 heterocycles. The summed E-state index contributed by atoms with van der Waals surface area (Å²) in [6, 6.07) is 23.4.